The number of carbonyl (C=O) groups is 1. The van der Waals surface area contributed by atoms with E-state index >= 15 is 0 Å². The number of hydrogen-bond donors (Lipinski definition) is 1. The van der Waals surface area contributed by atoms with Crippen LogP contribution in [0.1, 0.15) is 10.4 Å². The van der Waals surface area contributed by atoms with Crippen molar-refractivity contribution in [3.63, 3.8) is 0 Å². The number of aromatic hydroxyl groups is 1. The molecule has 1 amide bonds. The van der Waals surface area contributed by atoms with Gasteiger partial charge in [0.1, 0.15) is 11.6 Å². The van der Waals surface area contributed by atoms with E-state index in [0.29, 0.717) is 11.1 Å². The van der Waals surface area contributed by atoms with Crippen LogP contribution in [0.25, 0.3) is 11.1 Å². The topological polar surface area (TPSA) is 40.5 Å². The Morgan fingerprint density at radius 1 is 1.25 bits per heavy atom. The molecule has 5 heteroatoms. The van der Waals surface area contributed by atoms with Crippen LogP contribution in [0, 0.1) is 5.82 Å². The summed E-state index contributed by atoms with van der Waals surface area (Å²) in [6, 6.07) is 8.90. The molecule has 0 heterocycles. The van der Waals surface area contributed by atoms with Crippen molar-refractivity contribution >= 4 is 17.5 Å². The number of rotatable bonds is 2. The largest absolute Gasteiger partial charge is 0.506 e. The minimum absolute atomic E-state index is 0.0609. The molecule has 20 heavy (non-hydrogen) atoms. The van der Waals surface area contributed by atoms with E-state index < -0.39 is 5.82 Å². The van der Waals surface area contributed by atoms with Gasteiger partial charge in [-0.2, -0.15) is 0 Å². The molecule has 1 N–H and O–H groups in total. The van der Waals surface area contributed by atoms with E-state index in [9.17, 15) is 14.3 Å². The normalized spacial score (nSPS) is 10.4. The number of amides is 1. The predicted molar refractivity (Wildman–Crippen MR) is 76.5 cm³/mol. The third kappa shape index (κ3) is 2.75. The van der Waals surface area contributed by atoms with Crippen molar-refractivity contribution in [2.75, 3.05) is 14.1 Å². The van der Waals surface area contributed by atoms with Gasteiger partial charge in [-0.05, 0) is 23.8 Å². The number of phenols is 1. The van der Waals surface area contributed by atoms with E-state index in [-0.39, 0.29) is 22.2 Å². The molecular formula is C15H13ClFNO2. The van der Waals surface area contributed by atoms with Crippen molar-refractivity contribution in [1.29, 1.82) is 0 Å². The first-order valence-corrected chi connectivity index (χ1v) is 6.28. The first-order valence-electron chi connectivity index (χ1n) is 5.90. The second kappa shape index (κ2) is 5.51. The van der Waals surface area contributed by atoms with E-state index in [2.05, 4.69) is 0 Å². The molecule has 2 aromatic carbocycles. The van der Waals surface area contributed by atoms with Gasteiger partial charge in [0.2, 0.25) is 0 Å². The molecule has 0 aliphatic heterocycles. The summed E-state index contributed by atoms with van der Waals surface area (Å²) in [4.78, 5) is 13.3. The molecular weight excluding hydrogens is 281 g/mol. The standard InChI is InChI=1S/C15H13ClFNO2/c1-18(2)15(20)10-5-3-4-9(6-10)11-7-12(16)14(19)8-13(11)17/h3-8,19H,1-2H3. The molecule has 0 spiro atoms. The lowest BCUT2D eigenvalue weighted by Crippen LogP contribution is -2.21. The van der Waals surface area contributed by atoms with Crippen LogP contribution in [0.15, 0.2) is 36.4 Å². The summed E-state index contributed by atoms with van der Waals surface area (Å²) in [5.74, 6) is -1.08. The molecule has 0 fully saturated rings. The van der Waals surface area contributed by atoms with Crippen LogP contribution in [-0.2, 0) is 0 Å². The van der Waals surface area contributed by atoms with Crippen molar-refractivity contribution in [2.45, 2.75) is 0 Å². The molecule has 0 bridgehead atoms. The maximum Gasteiger partial charge on any atom is 0.253 e. The third-order valence-electron chi connectivity index (χ3n) is 2.86. The minimum atomic E-state index is -0.596. The summed E-state index contributed by atoms with van der Waals surface area (Å²) in [5, 5.41) is 9.42. The smallest absolute Gasteiger partial charge is 0.253 e. The van der Waals surface area contributed by atoms with E-state index in [1.807, 2.05) is 0 Å². The summed E-state index contributed by atoms with van der Waals surface area (Å²) in [5.41, 5.74) is 1.22. The fourth-order valence-corrected chi connectivity index (χ4v) is 2.00. The van der Waals surface area contributed by atoms with Gasteiger partial charge >= 0.3 is 0 Å². The van der Waals surface area contributed by atoms with Crippen LogP contribution in [0.5, 0.6) is 5.75 Å². The molecule has 104 valence electrons. The van der Waals surface area contributed by atoms with Crippen molar-refractivity contribution < 1.29 is 14.3 Å². The molecule has 2 aromatic rings. The van der Waals surface area contributed by atoms with Gasteiger partial charge in [0.05, 0.1) is 5.02 Å². The monoisotopic (exact) mass is 293 g/mol. The van der Waals surface area contributed by atoms with Crippen LogP contribution in [0.4, 0.5) is 4.39 Å². The Bertz CT molecular complexity index is 671. The molecule has 0 saturated heterocycles. The second-order valence-electron chi connectivity index (χ2n) is 4.56. The molecule has 3 nitrogen and oxygen atoms in total. The minimum Gasteiger partial charge on any atom is -0.506 e. The Hall–Kier alpha value is -2.07. The second-order valence-corrected chi connectivity index (χ2v) is 4.97. The number of phenolic OH excluding ortho intramolecular Hbond substituents is 1. The van der Waals surface area contributed by atoms with Gasteiger partial charge in [-0.3, -0.25) is 4.79 Å². The lowest BCUT2D eigenvalue weighted by atomic mass is 10.0. The number of halogens is 2. The summed E-state index contributed by atoms with van der Waals surface area (Å²) < 4.78 is 13.9. The van der Waals surface area contributed by atoms with Crippen molar-refractivity contribution in [1.82, 2.24) is 4.90 Å². The van der Waals surface area contributed by atoms with E-state index in [1.165, 1.54) is 11.0 Å². The van der Waals surface area contributed by atoms with Gasteiger partial charge in [0.25, 0.3) is 5.91 Å². The van der Waals surface area contributed by atoms with Gasteiger partial charge in [0.15, 0.2) is 0 Å². The van der Waals surface area contributed by atoms with E-state index in [0.717, 1.165) is 6.07 Å². The van der Waals surface area contributed by atoms with Gasteiger partial charge in [0, 0.05) is 31.3 Å². The molecule has 0 unspecified atom stereocenters. The lowest BCUT2D eigenvalue weighted by molar-refractivity contribution is 0.0827. The van der Waals surface area contributed by atoms with Crippen LogP contribution in [0.3, 0.4) is 0 Å². The lowest BCUT2D eigenvalue weighted by Gasteiger charge is -2.12. The number of benzene rings is 2. The fraction of sp³-hybridized carbons (Fsp3) is 0.133. The molecule has 0 atom stereocenters. The quantitative estimate of drug-likeness (QED) is 0.920. The van der Waals surface area contributed by atoms with Crippen LogP contribution >= 0.6 is 11.6 Å². The Labute approximate surface area is 121 Å². The first-order chi connectivity index (χ1) is 9.40. The number of carbonyl (C=O) groups excluding carboxylic acids is 1. The maximum absolute atomic E-state index is 13.9. The van der Waals surface area contributed by atoms with Crippen molar-refractivity contribution in [3.05, 3.63) is 52.8 Å². The molecule has 0 radical (unpaired) electrons. The highest BCUT2D eigenvalue weighted by Gasteiger charge is 2.13. The summed E-state index contributed by atoms with van der Waals surface area (Å²) in [7, 11) is 3.29. The summed E-state index contributed by atoms with van der Waals surface area (Å²) in [6.45, 7) is 0. The molecule has 0 aliphatic rings. The number of hydrogen-bond acceptors (Lipinski definition) is 2. The average molecular weight is 294 g/mol. The molecule has 2 rings (SSSR count). The van der Waals surface area contributed by atoms with E-state index in [4.69, 9.17) is 11.6 Å². The van der Waals surface area contributed by atoms with Crippen LogP contribution in [0.2, 0.25) is 5.02 Å². The Kier molecular flexibility index (Phi) is 3.95. The van der Waals surface area contributed by atoms with Gasteiger partial charge in [-0.1, -0.05) is 23.7 Å². The summed E-state index contributed by atoms with van der Waals surface area (Å²) >= 11 is 5.80. The first kappa shape index (κ1) is 14.3. The Morgan fingerprint density at radius 2 is 1.95 bits per heavy atom. The highest BCUT2D eigenvalue weighted by Crippen LogP contribution is 2.32. The highest BCUT2D eigenvalue weighted by atomic mass is 35.5. The summed E-state index contributed by atoms with van der Waals surface area (Å²) in [6.07, 6.45) is 0. The predicted octanol–water partition coefficient (Wildman–Crippen LogP) is 3.55. The zero-order valence-electron chi connectivity index (χ0n) is 11.0. The van der Waals surface area contributed by atoms with Gasteiger partial charge in [-0.25, -0.2) is 4.39 Å². The van der Waals surface area contributed by atoms with Gasteiger partial charge in [-0.15, -0.1) is 0 Å². The zero-order valence-corrected chi connectivity index (χ0v) is 11.8. The Morgan fingerprint density at radius 3 is 2.60 bits per heavy atom. The fourth-order valence-electron chi connectivity index (χ4n) is 1.84. The van der Waals surface area contributed by atoms with Crippen molar-refractivity contribution in [3.8, 4) is 16.9 Å². The third-order valence-corrected chi connectivity index (χ3v) is 3.17. The molecule has 0 aromatic heterocycles. The SMILES string of the molecule is CN(C)C(=O)c1cccc(-c2cc(Cl)c(O)cc2F)c1. The van der Waals surface area contributed by atoms with Crippen LogP contribution in [-0.4, -0.2) is 30.0 Å². The Balaban J connectivity index is 2.52. The highest BCUT2D eigenvalue weighted by molar-refractivity contribution is 6.32. The van der Waals surface area contributed by atoms with Crippen molar-refractivity contribution in [2.24, 2.45) is 0 Å². The average Bonchev–Trinajstić information content (AvgIpc) is 2.42. The molecule has 0 aliphatic carbocycles. The zero-order chi connectivity index (χ0) is 14.9. The van der Waals surface area contributed by atoms with Gasteiger partial charge < -0.3 is 10.0 Å². The number of nitrogens with zero attached hydrogens (tertiary/aromatic N) is 1. The van der Waals surface area contributed by atoms with Crippen LogP contribution < -0.4 is 0 Å². The van der Waals surface area contributed by atoms with E-state index in [1.54, 1.807) is 38.4 Å². The maximum atomic E-state index is 13.9. The molecule has 0 saturated carbocycles.